The Morgan fingerprint density at radius 2 is 2.32 bits per heavy atom. The number of nitrogens with zero attached hydrogens (tertiary/aromatic N) is 3. The van der Waals surface area contributed by atoms with Gasteiger partial charge in [0.25, 0.3) is 0 Å². The molecule has 19 heavy (non-hydrogen) atoms. The Bertz CT molecular complexity index is 513. The van der Waals surface area contributed by atoms with Crippen molar-refractivity contribution >= 4 is 21.6 Å². The van der Waals surface area contributed by atoms with Gasteiger partial charge in [-0.2, -0.15) is 9.40 Å². The summed E-state index contributed by atoms with van der Waals surface area (Å²) in [6.45, 7) is 1.27. The van der Waals surface area contributed by atoms with Crippen LogP contribution in [0.4, 0.5) is 0 Å². The molecule has 1 heterocycles. The fourth-order valence-electron chi connectivity index (χ4n) is 1.86. The van der Waals surface area contributed by atoms with Gasteiger partial charge in [0.15, 0.2) is 0 Å². The topological polar surface area (TPSA) is 64.4 Å². The van der Waals surface area contributed by atoms with E-state index in [1.807, 2.05) is 0 Å². The number of aryl methyl sites for hydroxylation is 1. The van der Waals surface area contributed by atoms with Crippen LogP contribution in [-0.4, -0.2) is 54.7 Å². The molecule has 108 valence electrons. The SMILES string of the molecule is COCCN(C1CC1)S(=O)(=O)c1cnn(CCCl)c1. The second kappa shape index (κ2) is 6.21. The first-order chi connectivity index (χ1) is 9.09. The molecule has 0 spiro atoms. The van der Waals surface area contributed by atoms with Gasteiger partial charge < -0.3 is 4.74 Å². The lowest BCUT2D eigenvalue weighted by molar-refractivity contribution is 0.177. The van der Waals surface area contributed by atoms with Crippen molar-refractivity contribution in [2.75, 3.05) is 26.1 Å². The number of rotatable bonds is 8. The zero-order valence-electron chi connectivity index (χ0n) is 10.8. The molecule has 6 nitrogen and oxygen atoms in total. The summed E-state index contributed by atoms with van der Waals surface area (Å²) in [5, 5.41) is 4.01. The van der Waals surface area contributed by atoms with Crippen molar-refractivity contribution in [3.8, 4) is 0 Å². The molecule has 1 aromatic heterocycles. The van der Waals surface area contributed by atoms with Gasteiger partial charge in [-0.1, -0.05) is 0 Å². The first-order valence-corrected chi connectivity index (χ1v) is 8.16. The Balaban J connectivity index is 2.17. The first-order valence-electron chi connectivity index (χ1n) is 6.19. The van der Waals surface area contributed by atoms with Gasteiger partial charge in [-0.15, -0.1) is 11.6 Å². The summed E-state index contributed by atoms with van der Waals surface area (Å²) in [6.07, 6.45) is 4.74. The van der Waals surface area contributed by atoms with Crippen LogP contribution in [0.1, 0.15) is 12.8 Å². The summed E-state index contributed by atoms with van der Waals surface area (Å²) in [6, 6.07) is 0.108. The molecule has 8 heteroatoms. The summed E-state index contributed by atoms with van der Waals surface area (Å²) in [4.78, 5) is 0.223. The summed E-state index contributed by atoms with van der Waals surface area (Å²) in [5.74, 6) is 0.400. The van der Waals surface area contributed by atoms with Gasteiger partial charge in [0.2, 0.25) is 10.0 Å². The zero-order valence-corrected chi connectivity index (χ0v) is 12.4. The number of ether oxygens (including phenoxy) is 1. The van der Waals surface area contributed by atoms with Crippen LogP contribution in [0.2, 0.25) is 0 Å². The largest absolute Gasteiger partial charge is 0.383 e. The second-order valence-corrected chi connectivity index (χ2v) is 6.74. The summed E-state index contributed by atoms with van der Waals surface area (Å²) in [5.41, 5.74) is 0. The minimum absolute atomic E-state index is 0.108. The average Bonchev–Trinajstić information content (AvgIpc) is 3.08. The lowest BCUT2D eigenvalue weighted by Crippen LogP contribution is -2.35. The lowest BCUT2D eigenvalue weighted by Gasteiger charge is -2.20. The molecule has 1 saturated carbocycles. The van der Waals surface area contributed by atoms with Gasteiger partial charge in [-0.3, -0.25) is 4.68 Å². The molecular weight excluding hydrogens is 290 g/mol. The van der Waals surface area contributed by atoms with E-state index in [0.29, 0.717) is 25.6 Å². The molecule has 2 rings (SSSR count). The molecular formula is C11H18ClN3O3S. The molecule has 0 N–H and O–H groups in total. The fraction of sp³-hybridized carbons (Fsp3) is 0.727. The van der Waals surface area contributed by atoms with Crippen molar-refractivity contribution in [3.63, 3.8) is 0 Å². The predicted molar refractivity (Wildman–Crippen MR) is 71.7 cm³/mol. The molecule has 1 aromatic rings. The second-order valence-electron chi connectivity index (χ2n) is 4.47. The maximum atomic E-state index is 12.5. The highest BCUT2D eigenvalue weighted by Crippen LogP contribution is 2.31. The number of halogens is 1. The van der Waals surface area contributed by atoms with E-state index < -0.39 is 10.0 Å². The van der Waals surface area contributed by atoms with Crippen molar-refractivity contribution < 1.29 is 13.2 Å². The predicted octanol–water partition coefficient (Wildman–Crippen LogP) is 0.921. The number of hydrogen-bond donors (Lipinski definition) is 0. The number of methoxy groups -OCH3 is 1. The van der Waals surface area contributed by atoms with Crippen molar-refractivity contribution in [1.29, 1.82) is 0 Å². The van der Waals surface area contributed by atoms with Crippen LogP contribution in [0, 0.1) is 0 Å². The minimum atomic E-state index is -3.48. The highest BCUT2D eigenvalue weighted by atomic mass is 35.5. The molecule has 0 aliphatic heterocycles. The van der Waals surface area contributed by atoms with E-state index in [1.54, 1.807) is 11.8 Å². The standard InChI is InChI=1S/C11H18ClN3O3S/c1-18-7-6-15(10-2-3-10)19(16,17)11-8-13-14(9-11)5-4-12/h8-10H,2-7H2,1H3. The molecule has 1 aliphatic rings. The minimum Gasteiger partial charge on any atom is -0.383 e. The summed E-state index contributed by atoms with van der Waals surface area (Å²) < 4.78 is 33.1. The Hall–Kier alpha value is -0.630. The molecule has 0 bridgehead atoms. The van der Waals surface area contributed by atoms with Crippen molar-refractivity contribution in [2.24, 2.45) is 0 Å². The summed E-state index contributed by atoms with van der Waals surface area (Å²) >= 11 is 5.61. The van der Waals surface area contributed by atoms with Crippen LogP contribution in [0.5, 0.6) is 0 Å². The van der Waals surface area contributed by atoms with Gasteiger partial charge in [0.05, 0.1) is 19.3 Å². The molecule has 1 fully saturated rings. The smallest absolute Gasteiger partial charge is 0.246 e. The number of aromatic nitrogens is 2. The van der Waals surface area contributed by atoms with Crippen molar-refractivity contribution in [3.05, 3.63) is 12.4 Å². The van der Waals surface area contributed by atoms with E-state index in [4.69, 9.17) is 16.3 Å². The van der Waals surface area contributed by atoms with Gasteiger partial charge in [0.1, 0.15) is 4.90 Å². The molecule has 0 atom stereocenters. The van der Waals surface area contributed by atoms with Gasteiger partial charge >= 0.3 is 0 Å². The lowest BCUT2D eigenvalue weighted by atomic mass is 10.6. The van der Waals surface area contributed by atoms with E-state index in [-0.39, 0.29) is 10.9 Å². The van der Waals surface area contributed by atoms with Crippen LogP contribution in [0.25, 0.3) is 0 Å². The number of alkyl halides is 1. The maximum Gasteiger partial charge on any atom is 0.246 e. The highest BCUT2D eigenvalue weighted by Gasteiger charge is 2.38. The normalized spacial score (nSPS) is 16.2. The van der Waals surface area contributed by atoms with E-state index in [1.165, 1.54) is 16.7 Å². The van der Waals surface area contributed by atoms with Gasteiger partial charge in [0, 0.05) is 31.8 Å². The third-order valence-electron chi connectivity index (χ3n) is 3.00. The third-order valence-corrected chi connectivity index (χ3v) is 5.07. The Morgan fingerprint density at radius 1 is 1.58 bits per heavy atom. The van der Waals surface area contributed by atoms with E-state index in [0.717, 1.165) is 12.8 Å². The van der Waals surface area contributed by atoms with Crippen molar-refractivity contribution in [1.82, 2.24) is 14.1 Å². The third kappa shape index (κ3) is 3.47. The van der Waals surface area contributed by atoms with Gasteiger partial charge in [-0.25, -0.2) is 8.42 Å². The molecule has 0 radical (unpaired) electrons. The van der Waals surface area contributed by atoms with Crippen LogP contribution in [0.3, 0.4) is 0 Å². The van der Waals surface area contributed by atoms with Crippen LogP contribution < -0.4 is 0 Å². The number of sulfonamides is 1. The van der Waals surface area contributed by atoms with Crippen LogP contribution in [-0.2, 0) is 21.3 Å². The maximum absolute atomic E-state index is 12.5. The van der Waals surface area contributed by atoms with Crippen molar-refractivity contribution in [2.45, 2.75) is 30.3 Å². The van der Waals surface area contributed by atoms with E-state index in [9.17, 15) is 8.42 Å². The molecule has 1 aliphatic carbocycles. The highest BCUT2D eigenvalue weighted by molar-refractivity contribution is 7.89. The van der Waals surface area contributed by atoms with Crippen LogP contribution in [0.15, 0.2) is 17.3 Å². The quantitative estimate of drug-likeness (QED) is 0.670. The first kappa shape index (κ1) is 14.8. The average molecular weight is 308 g/mol. The zero-order chi connectivity index (χ0) is 13.9. The van der Waals surface area contributed by atoms with E-state index >= 15 is 0 Å². The molecule has 0 amide bonds. The molecule has 0 aromatic carbocycles. The monoisotopic (exact) mass is 307 g/mol. The van der Waals surface area contributed by atoms with Crippen LogP contribution >= 0.6 is 11.6 Å². The van der Waals surface area contributed by atoms with Gasteiger partial charge in [-0.05, 0) is 12.8 Å². The Morgan fingerprint density at radius 3 is 2.89 bits per heavy atom. The summed E-state index contributed by atoms with van der Waals surface area (Å²) in [7, 11) is -1.91. The fourth-order valence-corrected chi connectivity index (χ4v) is 3.66. The van der Waals surface area contributed by atoms with E-state index in [2.05, 4.69) is 5.10 Å². The number of hydrogen-bond acceptors (Lipinski definition) is 4. The molecule has 0 saturated heterocycles. The Kier molecular flexibility index (Phi) is 4.83. The Labute approximate surface area is 118 Å². The molecule has 0 unspecified atom stereocenters.